The molecule has 0 aliphatic heterocycles. The molecule has 0 N–H and O–H groups in total. The fourth-order valence-corrected chi connectivity index (χ4v) is 1.29. The fraction of sp³-hybridized carbons (Fsp3) is 0.923. The zero-order valence-electron chi connectivity index (χ0n) is 11.9. The van der Waals surface area contributed by atoms with Crippen LogP contribution in [0.2, 0.25) is 0 Å². The Morgan fingerprint density at radius 2 is 1.82 bits per heavy atom. The number of rotatable bonds is 7. The average Bonchev–Trinajstić information content (AvgIpc) is 2.20. The second-order valence-corrected chi connectivity index (χ2v) is 5.02. The SMILES string of the molecule is CCCCN(CCOCC)C(=O)OC(C)(C)C. The first-order valence-electron chi connectivity index (χ1n) is 6.46. The lowest BCUT2D eigenvalue weighted by molar-refractivity contribution is 0.0179. The highest BCUT2D eigenvalue weighted by Crippen LogP contribution is 2.10. The van der Waals surface area contributed by atoms with Crippen molar-refractivity contribution in [3.05, 3.63) is 0 Å². The van der Waals surface area contributed by atoms with Crippen molar-refractivity contribution >= 4 is 6.09 Å². The van der Waals surface area contributed by atoms with Crippen LogP contribution in [-0.2, 0) is 9.47 Å². The third-order valence-electron chi connectivity index (χ3n) is 2.14. The van der Waals surface area contributed by atoms with Gasteiger partial charge in [-0.2, -0.15) is 0 Å². The molecule has 0 atom stereocenters. The number of hydrogen-bond donors (Lipinski definition) is 0. The average molecular weight is 245 g/mol. The van der Waals surface area contributed by atoms with Gasteiger partial charge < -0.3 is 14.4 Å². The molecule has 17 heavy (non-hydrogen) atoms. The van der Waals surface area contributed by atoms with E-state index in [1.165, 1.54) is 0 Å². The summed E-state index contributed by atoms with van der Waals surface area (Å²) >= 11 is 0. The molecule has 0 rings (SSSR count). The molecule has 0 aliphatic rings. The Bertz CT molecular complexity index is 211. The van der Waals surface area contributed by atoms with Crippen LogP contribution >= 0.6 is 0 Å². The van der Waals surface area contributed by atoms with E-state index in [0.29, 0.717) is 19.8 Å². The summed E-state index contributed by atoms with van der Waals surface area (Å²) < 4.78 is 10.6. The van der Waals surface area contributed by atoms with Crippen LogP contribution in [0.4, 0.5) is 4.79 Å². The number of unbranched alkanes of at least 4 members (excludes halogenated alkanes) is 1. The molecule has 0 unspecified atom stereocenters. The van der Waals surface area contributed by atoms with E-state index in [2.05, 4.69) is 6.92 Å². The maximum atomic E-state index is 11.9. The van der Waals surface area contributed by atoms with E-state index in [0.717, 1.165) is 19.4 Å². The van der Waals surface area contributed by atoms with Crippen LogP contribution in [0, 0.1) is 0 Å². The third kappa shape index (κ3) is 8.98. The van der Waals surface area contributed by atoms with Gasteiger partial charge in [0.25, 0.3) is 0 Å². The normalized spacial score (nSPS) is 11.4. The van der Waals surface area contributed by atoms with Crippen molar-refractivity contribution in [2.45, 2.75) is 53.1 Å². The lowest BCUT2D eigenvalue weighted by atomic mass is 10.2. The Morgan fingerprint density at radius 1 is 1.18 bits per heavy atom. The van der Waals surface area contributed by atoms with Crippen molar-refractivity contribution in [2.75, 3.05) is 26.3 Å². The van der Waals surface area contributed by atoms with Gasteiger partial charge in [-0.1, -0.05) is 13.3 Å². The van der Waals surface area contributed by atoms with Gasteiger partial charge in [0.1, 0.15) is 5.60 Å². The molecule has 4 heteroatoms. The lowest BCUT2D eigenvalue weighted by Gasteiger charge is -2.27. The maximum Gasteiger partial charge on any atom is 0.410 e. The van der Waals surface area contributed by atoms with E-state index >= 15 is 0 Å². The van der Waals surface area contributed by atoms with E-state index in [1.807, 2.05) is 27.7 Å². The number of ether oxygens (including phenoxy) is 2. The Labute approximate surface area is 105 Å². The van der Waals surface area contributed by atoms with Crippen LogP contribution in [0.5, 0.6) is 0 Å². The van der Waals surface area contributed by atoms with Crippen LogP contribution in [0.15, 0.2) is 0 Å². The van der Waals surface area contributed by atoms with E-state index in [1.54, 1.807) is 4.90 Å². The summed E-state index contributed by atoms with van der Waals surface area (Å²) in [5.74, 6) is 0. The van der Waals surface area contributed by atoms with Gasteiger partial charge in [0, 0.05) is 19.7 Å². The first-order chi connectivity index (χ1) is 7.90. The van der Waals surface area contributed by atoms with Gasteiger partial charge >= 0.3 is 6.09 Å². The third-order valence-corrected chi connectivity index (χ3v) is 2.14. The Balaban J connectivity index is 4.19. The first kappa shape index (κ1) is 16.2. The van der Waals surface area contributed by atoms with Crippen LogP contribution in [0.3, 0.4) is 0 Å². The predicted molar refractivity (Wildman–Crippen MR) is 69.2 cm³/mol. The molecule has 0 aromatic heterocycles. The first-order valence-corrected chi connectivity index (χ1v) is 6.46. The molecule has 4 nitrogen and oxygen atoms in total. The molecule has 0 saturated carbocycles. The molecule has 0 heterocycles. The summed E-state index contributed by atoms with van der Waals surface area (Å²) in [7, 11) is 0. The number of amides is 1. The lowest BCUT2D eigenvalue weighted by Crippen LogP contribution is -2.39. The monoisotopic (exact) mass is 245 g/mol. The van der Waals surface area contributed by atoms with Gasteiger partial charge in [0.15, 0.2) is 0 Å². The van der Waals surface area contributed by atoms with Gasteiger partial charge in [-0.3, -0.25) is 0 Å². The minimum Gasteiger partial charge on any atom is -0.444 e. The van der Waals surface area contributed by atoms with Crippen molar-refractivity contribution in [1.29, 1.82) is 0 Å². The summed E-state index contributed by atoms with van der Waals surface area (Å²) in [6.07, 6.45) is 1.81. The molecule has 0 radical (unpaired) electrons. The Hall–Kier alpha value is -0.770. The van der Waals surface area contributed by atoms with Gasteiger partial charge in [0.2, 0.25) is 0 Å². The van der Waals surface area contributed by atoms with Crippen LogP contribution in [-0.4, -0.2) is 42.9 Å². The summed E-state index contributed by atoms with van der Waals surface area (Å²) in [5.41, 5.74) is -0.437. The molecule has 1 amide bonds. The zero-order chi connectivity index (χ0) is 13.3. The maximum absolute atomic E-state index is 11.9. The van der Waals surface area contributed by atoms with E-state index in [4.69, 9.17) is 9.47 Å². The number of carbonyl (C=O) groups is 1. The second-order valence-electron chi connectivity index (χ2n) is 5.02. The van der Waals surface area contributed by atoms with Crippen molar-refractivity contribution in [3.8, 4) is 0 Å². The van der Waals surface area contributed by atoms with Gasteiger partial charge in [-0.05, 0) is 34.1 Å². The highest BCUT2D eigenvalue weighted by atomic mass is 16.6. The largest absolute Gasteiger partial charge is 0.444 e. The number of nitrogens with zero attached hydrogens (tertiary/aromatic N) is 1. The predicted octanol–water partition coefficient (Wildman–Crippen LogP) is 3.06. The van der Waals surface area contributed by atoms with Crippen molar-refractivity contribution in [2.24, 2.45) is 0 Å². The number of hydrogen-bond acceptors (Lipinski definition) is 3. The molecule has 0 spiro atoms. The van der Waals surface area contributed by atoms with Crippen LogP contribution in [0.1, 0.15) is 47.5 Å². The smallest absolute Gasteiger partial charge is 0.410 e. The zero-order valence-corrected chi connectivity index (χ0v) is 11.9. The summed E-state index contributed by atoms with van der Waals surface area (Å²) in [5, 5.41) is 0. The van der Waals surface area contributed by atoms with Gasteiger partial charge in [0.05, 0.1) is 6.61 Å². The van der Waals surface area contributed by atoms with E-state index in [-0.39, 0.29) is 6.09 Å². The van der Waals surface area contributed by atoms with E-state index in [9.17, 15) is 4.79 Å². The van der Waals surface area contributed by atoms with Crippen LogP contribution in [0.25, 0.3) is 0 Å². The van der Waals surface area contributed by atoms with Crippen LogP contribution < -0.4 is 0 Å². The molecule has 0 fully saturated rings. The van der Waals surface area contributed by atoms with E-state index < -0.39 is 5.60 Å². The standard InChI is InChI=1S/C13H27NO3/c1-6-8-9-14(10-11-16-7-2)12(15)17-13(3,4)5/h6-11H2,1-5H3. The summed E-state index contributed by atoms with van der Waals surface area (Å²) in [6.45, 7) is 12.3. The minimum absolute atomic E-state index is 0.245. The number of carbonyl (C=O) groups excluding carboxylic acids is 1. The molecule has 0 saturated heterocycles. The fourth-order valence-electron chi connectivity index (χ4n) is 1.29. The molecule has 0 aliphatic carbocycles. The second kappa shape index (κ2) is 8.34. The van der Waals surface area contributed by atoms with Gasteiger partial charge in [-0.15, -0.1) is 0 Å². The summed E-state index contributed by atoms with van der Waals surface area (Å²) in [4.78, 5) is 13.6. The van der Waals surface area contributed by atoms with Crippen molar-refractivity contribution in [1.82, 2.24) is 4.90 Å². The molecule has 102 valence electrons. The molecule has 0 aromatic carbocycles. The molecular formula is C13H27NO3. The summed E-state index contributed by atoms with van der Waals surface area (Å²) in [6, 6.07) is 0. The molecule has 0 aromatic rings. The topological polar surface area (TPSA) is 38.8 Å². The van der Waals surface area contributed by atoms with Crippen molar-refractivity contribution in [3.63, 3.8) is 0 Å². The quantitative estimate of drug-likeness (QED) is 0.647. The Kier molecular flexibility index (Phi) is 7.96. The minimum atomic E-state index is -0.437. The molecule has 0 bridgehead atoms. The van der Waals surface area contributed by atoms with Crippen molar-refractivity contribution < 1.29 is 14.3 Å². The van der Waals surface area contributed by atoms with Gasteiger partial charge in [-0.25, -0.2) is 4.79 Å². The highest BCUT2D eigenvalue weighted by molar-refractivity contribution is 5.68. The highest BCUT2D eigenvalue weighted by Gasteiger charge is 2.21. The Morgan fingerprint density at radius 3 is 2.29 bits per heavy atom. The molecular weight excluding hydrogens is 218 g/mol.